The van der Waals surface area contributed by atoms with Crippen molar-refractivity contribution in [3.05, 3.63) is 29.8 Å². The summed E-state index contributed by atoms with van der Waals surface area (Å²) in [6.07, 6.45) is 0. The van der Waals surface area contributed by atoms with Gasteiger partial charge in [-0.25, -0.2) is 4.79 Å². The maximum Gasteiger partial charge on any atom is 0.339 e. The highest BCUT2D eigenvalue weighted by atomic mass is 35.6. The highest BCUT2D eigenvalue weighted by molar-refractivity contribution is 6.63. The van der Waals surface area contributed by atoms with E-state index >= 15 is 0 Å². The molecule has 0 saturated heterocycles. The fourth-order valence-corrected chi connectivity index (χ4v) is 0.746. The van der Waals surface area contributed by atoms with Crippen LogP contribution in [0.5, 0.6) is 5.75 Å². The Labute approximate surface area is 101 Å². The SMILES string of the molecule is ClC(Cl)Cl.NOc1ccccc1C(=O)O. The first-order chi connectivity index (χ1) is 6.99. The molecule has 0 heterocycles. The summed E-state index contributed by atoms with van der Waals surface area (Å²) in [5.74, 6) is 3.94. The lowest BCUT2D eigenvalue weighted by molar-refractivity contribution is 0.0692. The number of carbonyl (C=O) groups is 1. The molecule has 0 aromatic heterocycles. The highest BCUT2D eigenvalue weighted by Crippen LogP contribution is 2.15. The van der Waals surface area contributed by atoms with E-state index in [4.69, 9.17) is 45.8 Å². The van der Waals surface area contributed by atoms with E-state index < -0.39 is 10.3 Å². The van der Waals surface area contributed by atoms with Crippen LogP contribution in [0.3, 0.4) is 0 Å². The zero-order valence-electron chi connectivity index (χ0n) is 7.36. The van der Waals surface area contributed by atoms with Crippen LogP contribution in [-0.2, 0) is 0 Å². The molecule has 15 heavy (non-hydrogen) atoms. The summed E-state index contributed by atoms with van der Waals surface area (Å²) < 4.78 is -0.750. The van der Waals surface area contributed by atoms with E-state index in [-0.39, 0.29) is 11.3 Å². The Hall–Kier alpha value is -0.680. The molecule has 0 unspecified atom stereocenters. The van der Waals surface area contributed by atoms with Crippen LogP contribution in [0.2, 0.25) is 0 Å². The second kappa shape index (κ2) is 7.59. The molecule has 0 fully saturated rings. The van der Waals surface area contributed by atoms with Crippen LogP contribution in [0.4, 0.5) is 0 Å². The Kier molecular flexibility index (Phi) is 7.25. The molecule has 0 saturated carbocycles. The van der Waals surface area contributed by atoms with E-state index in [2.05, 4.69) is 4.84 Å². The highest BCUT2D eigenvalue weighted by Gasteiger charge is 2.08. The lowest BCUT2D eigenvalue weighted by atomic mass is 10.2. The number of nitrogens with two attached hydrogens (primary N) is 1. The van der Waals surface area contributed by atoms with Crippen molar-refractivity contribution in [3.8, 4) is 5.75 Å². The summed E-state index contributed by atoms with van der Waals surface area (Å²) in [6, 6.07) is 6.16. The molecule has 0 bridgehead atoms. The standard InChI is InChI=1S/C7H7NO3.CHCl3/c8-11-6-4-2-1-3-5(6)7(9)10;2-1(3)4/h1-4H,8H2,(H,9,10);1H. The lowest BCUT2D eigenvalue weighted by Gasteiger charge is -2.00. The molecule has 4 nitrogen and oxygen atoms in total. The van der Waals surface area contributed by atoms with Gasteiger partial charge in [0.1, 0.15) is 5.56 Å². The third-order valence-corrected chi connectivity index (χ3v) is 1.24. The molecule has 3 N–H and O–H groups in total. The molecule has 0 spiro atoms. The number of para-hydroxylation sites is 1. The van der Waals surface area contributed by atoms with Crippen LogP contribution < -0.4 is 10.7 Å². The van der Waals surface area contributed by atoms with Gasteiger partial charge >= 0.3 is 5.97 Å². The summed E-state index contributed by atoms with van der Waals surface area (Å²) in [7, 11) is 0. The fourth-order valence-electron chi connectivity index (χ4n) is 0.746. The Morgan fingerprint density at radius 2 is 1.80 bits per heavy atom. The molecule has 0 aliphatic rings. The van der Waals surface area contributed by atoms with Crippen LogP contribution in [0.15, 0.2) is 24.3 Å². The van der Waals surface area contributed by atoms with Crippen molar-refractivity contribution in [2.24, 2.45) is 5.90 Å². The first-order valence-corrected chi connectivity index (χ1v) is 4.91. The van der Waals surface area contributed by atoms with Gasteiger partial charge in [-0.15, -0.1) is 0 Å². The molecule has 0 atom stereocenters. The van der Waals surface area contributed by atoms with Gasteiger partial charge in [-0.05, 0) is 12.1 Å². The van der Waals surface area contributed by atoms with Crippen LogP contribution in [-0.4, -0.2) is 15.4 Å². The third-order valence-electron chi connectivity index (χ3n) is 1.24. The van der Waals surface area contributed by atoms with Crippen molar-refractivity contribution < 1.29 is 14.7 Å². The zero-order chi connectivity index (χ0) is 11.8. The topological polar surface area (TPSA) is 72.5 Å². The maximum atomic E-state index is 10.4. The van der Waals surface area contributed by atoms with E-state index in [1.165, 1.54) is 12.1 Å². The van der Waals surface area contributed by atoms with Gasteiger partial charge in [-0.3, -0.25) is 0 Å². The Morgan fingerprint density at radius 3 is 2.13 bits per heavy atom. The third kappa shape index (κ3) is 6.41. The largest absolute Gasteiger partial charge is 0.478 e. The minimum atomic E-state index is -1.05. The number of hydrogen-bond acceptors (Lipinski definition) is 3. The van der Waals surface area contributed by atoms with Gasteiger partial charge in [0, 0.05) is 0 Å². The maximum absolute atomic E-state index is 10.4. The van der Waals surface area contributed by atoms with Crippen molar-refractivity contribution in [2.75, 3.05) is 0 Å². The van der Waals surface area contributed by atoms with Crippen LogP contribution in [0, 0.1) is 0 Å². The van der Waals surface area contributed by atoms with Crippen molar-refractivity contribution >= 4 is 40.8 Å². The van der Waals surface area contributed by atoms with Crippen molar-refractivity contribution in [1.82, 2.24) is 0 Å². The van der Waals surface area contributed by atoms with Crippen molar-refractivity contribution in [2.45, 2.75) is 4.30 Å². The van der Waals surface area contributed by atoms with E-state index in [0.29, 0.717) is 0 Å². The Bertz CT molecular complexity index is 317. The van der Waals surface area contributed by atoms with Crippen LogP contribution >= 0.6 is 34.8 Å². The predicted octanol–water partition coefficient (Wildman–Crippen LogP) is 2.62. The van der Waals surface area contributed by atoms with Gasteiger partial charge in [0.05, 0.1) is 0 Å². The van der Waals surface area contributed by atoms with Gasteiger partial charge in [-0.2, -0.15) is 5.90 Å². The normalized spacial score (nSPS) is 9.13. The molecule has 0 aliphatic heterocycles. The minimum Gasteiger partial charge on any atom is -0.478 e. The molecular formula is C8H8Cl3NO3. The number of hydrogen-bond donors (Lipinski definition) is 2. The monoisotopic (exact) mass is 271 g/mol. The average molecular weight is 273 g/mol. The quantitative estimate of drug-likeness (QED) is 0.641. The molecule has 0 radical (unpaired) electrons. The minimum absolute atomic E-state index is 0.0648. The van der Waals surface area contributed by atoms with Gasteiger partial charge < -0.3 is 9.94 Å². The Balaban J connectivity index is 0.000000423. The molecule has 0 aliphatic carbocycles. The Morgan fingerprint density at radius 1 is 1.33 bits per heavy atom. The number of carboxylic acid groups (broad SMARTS) is 1. The number of benzene rings is 1. The number of aromatic carboxylic acids is 1. The van der Waals surface area contributed by atoms with Crippen molar-refractivity contribution in [3.63, 3.8) is 0 Å². The molecule has 1 aromatic carbocycles. The van der Waals surface area contributed by atoms with Crippen LogP contribution in [0.25, 0.3) is 0 Å². The van der Waals surface area contributed by atoms with Crippen molar-refractivity contribution in [1.29, 1.82) is 0 Å². The van der Waals surface area contributed by atoms with Gasteiger partial charge in [0.2, 0.25) is 0 Å². The van der Waals surface area contributed by atoms with E-state index in [1.54, 1.807) is 12.1 Å². The summed E-state index contributed by atoms with van der Waals surface area (Å²) in [6.45, 7) is 0. The van der Waals surface area contributed by atoms with Gasteiger partial charge in [0.25, 0.3) is 0 Å². The first kappa shape index (κ1) is 14.3. The van der Waals surface area contributed by atoms with E-state index in [9.17, 15) is 4.79 Å². The number of carboxylic acids is 1. The molecule has 1 rings (SSSR count). The fraction of sp³-hybridized carbons (Fsp3) is 0.125. The van der Waals surface area contributed by atoms with Gasteiger partial charge in [-0.1, -0.05) is 46.9 Å². The number of halogens is 3. The molecule has 84 valence electrons. The zero-order valence-corrected chi connectivity index (χ0v) is 9.63. The average Bonchev–Trinajstić information content (AvgIpc) is 2.16. The molecule has 1 aromatic rings. The number of alkyl halides is 3. The summed E-state index contributed by atoms with van der Waals surface area (Å²) in [5, 5.41) is 8.56. The lowest BCUT2D eigenvalue weighted by Crippen LogP contribution is -2.07. The second-order valence-corrected chi connectivity index (χ2v) is 4.15. The summed E-state index contributed by atoms with van der Waals surface area (Å²) in [4.78, 5) is 14.8. The second-order valence-electron chi connectivity index (χ2n) is 2.17. The summed E-state index contributed by atoms with van der Waals surface area (Å²) >= 11 is 14.4. The predicted molar refractivity (Wildman–Crippen MR) is 59.6 cm³/mol. The summed E-state index contributed by atoms with van der Waals surface area (Å²) in [5.41, 5.74) is 0.0648. The molecule has 7 heteroatoms. The number of rotatable bonds is 2. The van der Waals surface area contributed by atoms with E-state index in [1.807, 2.05) is 0 Å². The smallest absolute Gasteiger partial charge is 0.339 e. The first-order valence-electron chi connectivity index (χ1n) is 3.60. The van der Waals surface area contributed by atoms with Gasteiger partial charge in [0.15, 0.2) is 10.0 Å². The molecular weight excluding hydrogens is 264 g/mol. The van der Waals surface area contributed by atoms with E-state index in [0.717, 1.165) is 0 Å². The molecule has 0 amide bonds. The van der Waals surface area contributed by atoms with Crippen LogP contribution in [0.1, 0.15) is 10.4 Å².